The van der Waals surface area contributed by atoms with E-state index >= 15 is 0 Å². The highest BCUT2D eigenvalue weighted by atomic mass is 32.2. The monoisotopic (exact) mass is 392 g/mol. The first-order chi connectivity index (χ1) is 12.2. The molecule has 1 aliphatic rings. The highest BCUT2D eigenvalue weighted by molar-refractivity contribution is 7.91. The first kappa shape index (κ1) is 19.1. The Balaban J connectivity index is 1.81. The number of fused-ring (bicyclic) bond motifs is 1. The Kier molecular flexibility index (Phi) is 5.23. The van der Waals surface area contributed by atoms with Crippen LogP contribution in [0.4, 0.5) is 0 Å². The molecule has 1 aromatic heterocycles. The average Bonchev–Trinajstić information content (AvgIpc) is 3.06. The van der Waals surface area contributed by atoms with E-state index < -0.39 is 10.0 Å². The number of sulfonamides is 1. The van der Waals surface area contributed by atoms with Crippen molar-refractivity contribution in [1.82, 2.24) is 10.0 Å². The van der Waals surface area contributed by atoms with Crippen molar-refractivity contribution in [3.63, 3.8) is 0 Å². The number of nitrogens with one attached hydrogen (secondary N) is 2. The van der Waals surface area contributed by atoms with Crippen molar-refractivity contribution in [2.45, 2.75) is 55.8 Å². The minimum Gasteiger partial charge on any atom is -0.351 e. The lowest BCUT2D eigenvalue weighted by atomic mass is 9.71. The second-order valence-corrected chi connectivity index (χ2v) is 10.4. The summed E-state index contributed by atoms with van der Waals surface area (Å²) in [6.45, 7) is 6.18. The van der Waals surface area contributed by atoms with Gasteiger partial charge in [0, 0.05) is 17.8 Å². The molecule has 2 N–H and O–H groups in total. The van der Waals surface area contributed by atoms with Gasteiger partial charge in [0.2, 0.25) is 5.91 Å². The number of carbonyl (C=O) groups is 1. The Labute approximate surface area is 158 Å². The van der Waals surface area contributed by atoms with E-state index in [1.54, 1.807) is 12.1 Å². The van der Waals surface area contributed by atoms with Crippen molar-refractivity contribution in [3.8, 4) is 0 Å². The van der Waals surface area contributed by atoms with Gasteiger partial charge < -0.3 is 5.32 Å². The minimum atomic E-state index is -3.60. The van der Waals surface area contributed by atoms with E-state index in [9.17, 15) is 13.2 Å². The summed E-state index contributed by atoms with van der Waals surface area (Å²) >= 11 is 1.19. The number of hydrogen-bond donors (Lipinski definition) is 2. The standard InChI is InChI=1S/C19H24N2O3S2/c1-13(22)20-12-14-8-9-18(25-14)26(23,24)21-17-10-11-19(2,3)16-7-5-4-6-15(16)17/h4-9,17,21H,10-12H2,1-3H3,(H,20,22)/t17-/m0/s1. The molecule has 0 spiro atoms. The summed E-state index contributed by atoms with van der Waals surface area (Å²) in [6, 6.07) is 11.2. The number of rotatable bonds is 5. The van der Waals surface area contributed by atoms with E-state index in [0.29, 0.717) is 6.54 Å². The molecule has 140 valence electrons. The van der Waals surface area contributed by atoms with E-state index in [1.807, 2.05) is 18.2 Å². The zero-order chi connectivity index (χ0) is 18.9. The van der Waals surface area contributed by atoms with Crippen LogP contribution < -0.4 is 10.0 Å². The second-order valence-electron chi connectivity index (χ2n) is 7.31. The molecule has 0 radical (unpaired) electrons. The molecule has 1 atom stereocenters. The summed E-state index contributed by atoms with van der Waals surface area (Å²) in [5, 5.41) is 2.69. The van der Waals surface area contributed by atoms with E-state index in [1.165, 1.54) is 23.8 Å². The number of amides is 1. The lowest BCUT2D eigenvalue weighted by Gasteiger charge is -2.37. The Morgan fingerprint density at radius 1 is 1.23 bits per heavy atom. The van der Waals surface area contributed by atoms with Gasteiger partial charge in [-0.1, -0.05) is 38.1 Å². The van der Waals surface area contributed by atoms with Gasteiger partial charge in [-0.3, -0.25) is 4.79 Å². The fourth-order valence-corrected chi connectivity index (χ4v) is 5.95. The van der Waals surface area contributed by atoms with Crippen LogP contribution in [0.3, 0.4) is 0 Å². The van der Waals surface area contributed by atoms with Crippen molar-refractivity contribution in [2.75, 3.05) is 0 Å². The van der Waals surface area contributed by atoms with Crippen molar-refractivity contribution in [1.29, 1.82) is 0 Å². The van der Waals surface area contributed by atoms with Gasteiger partial charge in [0.15, 0.2) is 0 Å². The molecule has 1 aliphatic carbocycles. The Morgan fingerprint density at radius 3 is 2.69 bits per heavy atom. The predicted molar refractivity (Wildman–Crippen MR) is 104 cm³/mol. The Morgan fingerprint density at radius 2 is 1.96 bits per heavy atom. The zero-order valence-corrected chi connectivity index (χ0v) is 16.8. The minimum absolute atomic E-state index is 0.0486. The summed E-state index contributed by atoms with van der Waals surface area (Å²) in [5.74, 6) is -0.137. The van der Waals surface area contributed by atoms with Gasteiger partial charge in [0.05, 0.1) is 6.54 Å². The summed E-state index contributed by atoms with van der Waals surface area (Å²) in [5.41, 5.74) is 2.31. The van der Waals surface area contributed by atoms with Gasteiger partial charge >= 0.3 is 0 Å². The molecule has 3 rings (SSSR count). The lowest BCUT2D eigenvalue weighted by Crippen LogP contribution is -2.35. The van der Waals surface area contributed by atoms with Gasteiger partial charge in [-0.25, -0.2) is 13.1 Å². The maximum Gasteiger partial charge on any atom is 0.250 e. The lowest BCUT2D eigenvalue weighted by molar-refractivity contribution is -0.119. The predicted octanol–water partition coefficient (Wildman–Crippen LogP) is 3.48. The van der Waals surface area contributed by atoms with Gasteiger partial charge in [-0.15, -0.1) is 11.3 Å². The van der Waals surface area contributed by atoms with Crippen LogP contribution in [0.2, 0.25) is 0 Å². The van der Waals surface area contributed by atoms with Crippen LogP contribution in [0.25, 0.3) is 0 Å². The Hall–Kier alpha value is -1.70. The van der Waals surface area contributed by atoms with E-state index in [-0.39, 0.29) is 21.6 Å². The fraction of sp³-hybridized carbons (Fsp3) is 0.421. The van der Waals surface area contributed by atoms with Crippen LogP contribution in [0.5, 0.6) is 0 Å². The van der Waals surface area contributed by atoms with Gasteiger partial charge in [0.1, 0.15) is 4.21 Å². The zero-order valence-electron chi connectivity index (χ0n) is 15.2. The van der Waals surface area contributed by atoms with E-state index in [2.05, 4.69) is 30.0 Å². The number of carbonyl (C=O) groups excluding carboxylic acids is 1. The molecule has 0 fully saturated rings. The highest BCUT2D eigenvalue weighted by Crippen LogP contribution is 2.42. The largest absolute Gasteiger partial charge is 0.351 e. The SMILES string of the molecule is CC(=O)NCc1ccc(S(=O)(=O)N[C@H]2CCC(C)(C)c3ccccc32)s1. The molecule has 0 saturated carbocycles. The third-order valence-electron chi connectivity index (χ3n) is 4.83. The number of benzene rings is 1. The first-order valence-electron chi connectivity index (χ1n) is 8.64. The van der Waals surface area contributed by atoms with Crippen molar-refractivity contribution in [2.24, 2.45) is 0 Å². The van der Waals surface area contributed by atoms with Crippen LogP contribution in [0.15, 0.2) is 40.6 Å². The fourth-order valence-electron chi connectivity index (χ4n) is 3.39. The molecule has 1 aromatic carbocycles. The third kappa shape index (κ3) is 4.00. The molecule has 5 nitrogen and oxygen atoms in total. The molecule has 2 aromatic rings. The van der Waals surface area contributed by atoms with Crippen LogP contribution in [0.1, 0.15) is 55.7 Å². The Bertz CT molecular complexity index is 916. The second kappa shape index (κ2) is 7.13. The molecule has 0 unspecified atom stereocenters. The quantitative estimate of drug-likeness (QED) is 0.818. The molecule has 7 heteroatoms. The topological polar surface area (TPSA) is 75.3 Å². The van der Waals surface area contributed by atoms with Crippen LogP contribution in [-0.4, -0.2) is 14.3 Å². The number of hydrogen-bond acceptors (Lipinski definition) is 4. The van der Waals surface area contributed by atoms with Gasteiger partial charge in [-0.2, -0.15) is 0 Å². The van der Waals surface area contributed by atoms with Crippen LogP contribution in [-0.2, 0) is 26.8 Å². The summed E-state index contributed by atoms with van der Waals surface area (Å²) in [7, 11) is -3.60. The normalized spacial score (nSPS) is 19.0. The number of thiophene rings is 1. The molecule has 0 saturated heterocycles. The maximum absolute atomic E-state index is 12.8. The smallest absolute Gasteiger partial charge is 0.250 e. The van der Waals surface area contributed by atoms with Crippen LogP contribution in [0, 0.1) is 0 Å². The van der Waals surface area contributed by atoms with Crippen molar-refractivity contribution < 1.29 is 13.2 Å². The highest BCUT2D eigenvalue weighted by Gasteiger charge is 2.34. The van der Waals surface area contributed by atoms with Gasteiger partial charge in [0.25, 0.3) is 10.0 Å². The molecule has 1 amide bonds. The molecular formula is C19H24N2O3S2. The molecule has 26 heavy (non-hydrogen) atoms. The van der Waals surface area contributed by atoms with Gasteiger partial charge in [-0.05, 0) is 41.5 Å². The third-order valence-corrected chi connectivity index (χ3v) is 7.88. The average molecular weight is 393 g/mol. The van der Waals surface area contributed by atoms with Crippen molar-refractivity contribution >= 4 is 27.3 Å². The molecule has 1 heterocycles. The van der Waals surface area contributed by atoms with Crippen molar-refractivity contribution in [3.05, 3.63) is 52.4 Å². The molecule has 0 aliphatic heterocycles. The summed E-state index contributed by atoms with van der Waals surface area (Å²) in [4.78, 5) is 11.8. The van der Waals surface area contributed by atoms with E-state index in [4.69, 9.17) is 0 Å². The van der Waals surface area contributed by atoms with E-state index in [0.717, 1.165) is 23.3 Å². The molecule has 0 bridgehead atoms. The first-order valence-corrected chi connectivity index (χ1v) is 10.9. The molecular weight excluding hydrogens is 368 g/mol. The summed E-state index contributed by atoms with van der Waals surface area (Å²) < 4.78 is 28.8. The maximum atomic E-state index is 12.8. The van der Waals surface area contributed by atoms with Crippen LogP contribution >= 0.6 is 11.3 Å². The summed E-state index contributed by atoms with van der Waals surface area (Å²) in [6.07, 6.45) is 1.70.